The van der Waals surface area contributed by atoms with E-state index >= 15 is 0 Å². The summed E-state index contributed by atoms with van der Waals surface area (Å²) < 4.78 is 44.6. The third-order valence-corrected chi connectivity index (χ3v) is 7.31. The number of carbonyl (C=O) groups is 2. The Morgan fingerprint density at radius 1 is 0.978 bits per heavy atom. The van der Waals surface area contributed by atoms with Crippen molar-refractivity contribution in [1.29, 1.82) is 0 Å². The molecule has 1 aromatic heterocycles. The van der Waals surface area contributed by atoms with E-state index in [2.05, 4.69) is 10.3 Å². The van der Waals surface area contributed by atoms with Gasteiger partial charge in [0.1, 0.15) is 29.8 Å². The minimum absolute atomic E-state index is 0.0382. The molecule has 0 radical (unpaired) electrons. The molecule has 3 N–H and O–H groups in total. The Hall–Kier alpha value is -4.61. The summed E-state index contributed by atoms with van der Waals surface area (Å²) in [5, 5.41) is 3.26. The second-order valence-electron chi connectivity index (χ2n) is 11.0. The molecule has 0 unspecified atom stereocenters. The fourth-order valence-corrected chi connectivity index (χ4v) is 5.16. The molecule has 9 nitrogen and oxygen atoms in total. The van der Waals surface area contributed by atoms with Gasteiger partial charge in [0.05, 0.1) is 18.9 Å². The van der Waals surface area contributed by atoms with Crippen molar-refractivity contribution < 1.29 is 32.3 Å². The van der Waals surface area contributed by atoms with Crippen LogP contribution in [0.4, 0.5) is 8.78 Å². The number of hydrogen-bond acceptors (Lipinski definition) is 8. The standard InChI is InChI=1S/C35H40F2N4O5/c1-4-10-41(11-5-2)34(42)26-17-25(33-40-9-12-45-33)18-27(19-26)35(43)46-32(22-39-21-23-7-6-8-30(15-23)44-3)31(38)16-24-13-28(36)20-29(37)14-24/h6-9,12-15,17-20,31-32,39H,4-5,10-11,16,21-22,38H2,1-3H3/t31-,32+/m0/s1. The zero-order valence-corrected chi connectivity index (χ0v) is 26.3. The lowest BCUT2D eigenvalue weighted by Crippen LogP contribution is -2.46. The molecule has 0 aliphatic heterocycles. The molecule has 0 saturated heterocycles. The molecule has 4 aromatic rings. The number of benzene rings is 3. The fraction of sp³-hybridized carbons (Fsp3) is 0.343. The van der Waals surface area contributed by atoms with Crippen LogP contribution in [-0.2, 0) is 17.7 Å². The molecule has 4 rings (SSSR count). The number of ether oxygens (including phenoxy) is 2. The van der Waals surface area contributed by atoms with Gasteiger partial charge in [0, 0.05) is 49.4 Å². The normalized spacial score (nSPS) is 12.4. The van der Waals surface area contributed by atoms with Gasteiger partial charge in [0.15, 0.2) is 0 Å². The van der Waals surface area contributed by atoms with Crippen molar-refractivity contribution in [1.82, 2.24) is 15.2 Å². The smallest absolute Gasteiger partial charge is 0.338 e. The molecule has 244 valence electrons. The number of nitrogens with zero attached hydrogens (tertiary/aromatic N) is 2. The van der Waals surface area contributed by atoms with Crippen LogP contribution in [0.15, 0.2) is 77.5 Å². The van der Waals surface area contributed by atoms with Crippen LogP contribution in [0.25, 0.3) is 11.5 Å². The summed E-state index contributed by atoms with van der Waals surface area (Å²) in [6.07, 6.45) is 3.55. The monoisotopic (exact) mass is 634 g/mol. The molecule has 46 heavy (non-hydrogen) atoms. The number of hydrogen-bond donors (Lipinski definition) is 2. The number of nitrogens with two attached hydrogens (primary N) is 1. The highest BCUT2D eigenvalue weighted by Gasteiger charge is 2.26. The predicted molar refractivity (Wildman–Crippen MR) is 170 cm³/mol. The summed E-state index contributed by atoms with van der Waals surface area (Å²) in [5.41, 5.74) is 8.60. The Kier molecular flexibility index (Phi) is 12.4. The molecule has 0 spiro atoms. The lowest BCUT2D eigenvalue weighted by atomic mass is 10.0. The molecule has 0 aliphatic carbocycles. The predicted octanol–water partition coefficient (Wildman–Crippen LogP) is 5.78. The van der Waals surface area contributed by atoms with Gasteiger partial charge in [-0.05, 0) is 72.9 Å². The number of aromatic nitrogens is 1. The number of nitrogens with one attached hydrogen (secondary N) is 1. The van der Waals surface area contributed by atoms with Crippen LogP contribution in [0.3, 0.4) is 0 Å². The van der Waals surface area contributed by atoms with Crippen LogP contribution in [0.5, 0.6) is 5.75 Å². The topological polar surface area (TPSA) is 120 Å². The number of halogens is 2. The molecular formula is C35H40F2N4O5. The van der Waals surface area contributed by atoms with E-state index in [9.17, 15) is 18.4 Å². The zero-order valence-electron chi connectivity index (χ0n) is 26.3. The summed E-state index contributed by atoms with van der Waals surface area (Å²) in [6.45, 7) is 5.65. The van der Waals surface area contributed by atoms with Crippen LogP contribution in [0.2, 0.25) is 0 Å². The van der Waals surface area contributed by atoms with E-state index in [1.54, 1.807) is 24.1 Å². The highest BCUT2D eigenvalue weighted by Crippen LogP contribution is 2.24. The fourth-order valence-electron chi connectivity index (χ4n) is 5.16. The van der Waals surface area contributed by atoms with Crippen molar-refractivity contribution in [2.75, 3.05) is 26.7 Å². The molecule has 2 atom stereocenters. The number of carbonyl (C=O) groups excluding carboxylic acids is 2. The van der Waals surface area contributed by atoms with Crippen molar-refractivity contribution >= 4 is 11.9 Å². The molecule has 3 aromatic carbocycles. The summed E-state index contributed by atoms with van der Waals surface area (Å²) in [6, 6.07) is 14.5. The molecule has 0 aliphatic rings. The highest BCUT2D eigenvalue weighted by atomic mass is 19.1. The summed E-state index contributed by atoms with van der Waals surface area (Å²) in [5.74, 6) is -1.48. The van der Waals surface area contributed by atoms with E-state index < -0.39 is 29.7 Å². The first-order valence-electron chi connectivity index (χ1n) is 15.3. The lowest BCUT2D eigenvalue weighted by molar-refractivity contribution is 0.0238. The van der Waals surface area contributed by atoms with E-state index in [1.807, 2.05) is 38.1 Å². The van der Waals surface area contributed by atoms with Gasteiger partial charge in [-0.3, -0.25) is 4.79 Å². The van der Waals surface area contributed by atoms with Crippen LogP contribution < -0.4 is 15.8 Å². The summed E-state index contributed by atoms with van der Waals surface area (Å²) in [7, 11) is 1.58. The summed E-state index contributed by atoms with van der Waals surface area (Å²) in [4.78, 5) is 33.2. The first-order valence-corrected chi connectivity index (χ1v) is 15.3. The Morgan fingerprint density at radius 2 is 1.70 bits per heavy atom. The Morgan fingerprint density at radius 3 is 2.35 bits per heavy atom. The van der Waals surface area contributed by atoms with Gasteiger partial charge in [0.2, 0.25) is 5.89 Å². The van der Waals surface area contributed by atoms with Gasteiger partial charge in [-0.15, -0.1) is 0 Å². The number of rotatable bonds is 16. The van der Waals surface area contributed by atoms with Crippen molar-refractivity contribution in [2.45, 2.75) is 51.8 Å². The van der Waals surface area contributed by atoms with E-state index in [0.717, 1.165) is 24.5 Å². The largest absolute Gasteiger partial charge is 0.497 e. The Bertz CT molecular complexity index is 1570. The molecule has 0 bridgehead atoms. The van der Waals surface area contributed by atoms with Crippen LogP contribution >= 0.6 is 0 Å². The van der Waals surface area contributed by atoms with Crippen molar-refractivity contribution in [2.24, 2.45) is 5.73 Å². The third kappa shape index (κ3) is 9.45. The molecule has 0 fully saturated rings. The van der Waals surface area contributed by atoms with Gasteiger partial charge in [-0.2, -0.15) is 0 Å². The van der Waals surface area contributed by atoms with E-state index in [4.69, 9.17) is 19.6 Å². The van der Waals surface area contributed by atoms with Crippen molar-refractivity contribution in [3.05, 3.63) is 107 Å². The minimum atomic E-state index is -0.911. The number of oxazole rings is 1. The first-order chi connectivity index (χ1) is 22.2. The van der Waals surface area contributed by atoms with Crippen LogP contribution in [0, 0.1) is 11.6 Å². The maximum absolute atomic E-state index is 13.9. The lowest BCUT2D eigenvalue weighted by Gasteiger charge is -2.25. The van der Waals surface area contributed by atoms with Crippen molar-refractivity contribution in [3.63, 3.8) is 0 Å². The average molecular weight is 635 g/mol. The molecular weight excluding hydrogens is 594 g/mol. The molecule has 0 saturated carbocycles. The van der Waals surface area contributed by atoms with E-state index in [-0.39, 0.29) is 35.9 Å². The van der Waals surface area contributed by atoms with E-state index in [0.29, 0.717) is 36.5 Å². The van der Waals surface area contributed by atoms with E-state index in [1.165, 1.54) is 30.7 Å². The average Bonchev–Trinajstić information content (AvgIpc) is 3.58. The van der Waals surface area contributed by atoms with Gasteiger partial charge in [-0.25, -0.2) is 18.6 Å². The maximum Gasteiger partial charge on any atom is 0.338 e. The van der Waals surface area contributed by atoms with Crippen molar-refractivity contribution in [3.8, 4) is 17.2 Å². The molecule has 11 heteroatoms. The first kappa shape index (κ1) is 34.3. The van der Waals surface area contributed by atoms with Crippen LogP contribution in [0.1, 0.15) is 58.5 Å². The third-order valence-electron chi connectivity index (χ3n) is 7.31. The number of esters is 1. The minimum Gasteiger partial charge on any atom is -0.497 e. The number of methoxy groups -OCH3 is 1. The second kappa shape index (κ2) is 16.6. The maximum atomic E-state index is 13.9. The molecule has 1 amide bonds. The number of amides is 1. The van der Waals surface area contributed by atoms with Crippen LogP contribution in [-0.4, -0.2) is 60.7 Å². The SMILES string of the molecule is CCCN(CCC)C(=O)c1cc(C(=O)O[C@H](CNCc2cccc(OC)c2)[C@@H](N)Cc2cc(F)cc(F)c2)cc(-c2ncco2)c1. The quantitative estimate of drug-likeness (QED) is 0.149. The highest BCUT2D eigenvalue weighted by molar-refractivity contribution is 5.99. The zero-order chi connectivity index (χ0) is 33.1. The van der Waals surface area contributed by atoms with Gasteiger partial charge in [-0.1, -0.05) is 26.0 Å². The van der Waals surface area contributed by atoms with Gasteiger partial charge < -0.3 is 29.8 Å². The Balaban J connectivity index is 1.61. The van der Waals surface area contributed by atoms with Gasteiger partial charge >= 0.3 is 5.97 Å². The van der Waals surface area contributed by atoms with Gasteiger partial charge in [0.25, 0.3) is 5.91 Å². The second-order valence-corrected chi connectivity index (χ2v) is 11.0. The molecule has 1 heterocycles. The Labute approximate surface area is 267 Å². The summed E-state index contributed by atoms with van der Waals surface area (Å²) >= 11 is 0.